The van der Waals surface area contributed by atoms with E-state index in [1.165, 1.54) is 25.0 Å². The first-order chi connectivity index (χ1) is 12.6. The van der Waals surface area contributed by atoms with Gasteiger partial charge in [-0.05, 0) is 31.9 Å². The van der Waals surface area contributed by atoms with Crippen molar-refractivity contribution in [2.45, 2.75) is 32.6 Å². The number of ether oxygens (including phenoxy) is 1. The molecule has 2 aromatic rings. The maximum absolute atomic E-state index is 13.6. The summed E-state index contributed by atoms with van der Waals surface area (Å²) in [6.45, 7) is 3.48. The molecule has 0 saturated carbocycles. The van der Waals surface area contributed by atoms with Crippen LogP contribution in [-0.2, 0) is 4.79 Å². The van der Waals surface area contributed by atoms with Crippen LogP contribution in [0.5, 0.6) is 5.88 Å². The zero-order valence-electron chi connectivity index (χ0n) is 14.9. The van der Waals surface area contributed by atoms with Gasteiger partial charge in [0.25, 0.3) is 5.91 Å². The van der Waals surface area contributed by atoms with E-state index in [9.17, 15) is 9.18 Å². The average Bonchev–Trinajstić information content (AvgIpc) is 2.91. The summed E-state index contributed by atoms with van der Waals surface area (Å²) in [5.41, 5.74) is 0.911. The smallest absolute Gasteiger partial charge is 0.262 e. The van der Waals surface area contributed by atoms with Crippen LogP contribution >= 0.6 is 0 Å². The summed E-state index contributed by atoms with van der Waals surface area (Å²) >= 11 is 0. The third-order valence-corrected chi connectivity index (χ3v) is 4.21. The van der Waals surface area contributed by atoms with Crippen molar-refractivity contribution in [3.8, 4) is 5.88 Å². The molecule has 0 bridgehead atoms. The predicted molar refractivity (Wildman–Crippen MR) is 98.0 cm³/mol. The van der Waals surface area contributed by atoms with Gasteiger partial charge in [0, 0.05) is 24.8 Å². The molecule has 7 heteroatoms. The van der Waals surface area contributed by atoms with Crippen LogP contribution in [0.25, 0.3) is 0 Å². The Hall–Kier alpha value is -2.70. The molecule has 2 heterocycles. The number of hydrogen-bond donors (Lipinski definition) is 1. The molecule has 1 fully saturated rings. The first-order valence-corrected chi connectivity index (χ1v) is 8.89. The lowest BCUT2D eigenvalue weighted by molar-refractivity contribution is -0.118. The Kier molecular flexibility index (Phi) is 5.99. The monoisotopic (exact) mass is 358 g/mol. The number of nitrogens with one attached hydrogen (secondary N) is 1. The molecular weight excluding hydrogens is 335 g/mol. The summed E-state index contributed by atoms with van der Waals surface area (Å²) in [6, 6.07) is 7.70. The summed E-state index contributed by atoms with van der Waals surface area (Å²) in [5, 5.41) is 2.49. The maximum atomic E-state index is 13.6. The molecule has 0 atom stereocenters. The van der Waals surface area contributed by atoms with Gasteiger partial charge in [-0.2, -0.15) is 4.98 Å². The maximum Gasteiger partial charge on any atom is 0.262 e. The number of hydrogen-bond acceptors (Lipinski definition) is 5. The molecule has 26 heavy (non-hydrogen) atoms. The second-order valence-electron chi connectivity index (χ2n) is 6.37. The van der Waals surface area contributed by atoms with Gasteiger partial charge in [0.15, 0.2) is 6.61 Å². The molecule has 0 aliphatic carbocycles. The number of carbonyl (C=O) groups is 1. The van der Waals surface area contributed by atoms with Crippen molar-refractivity contribution >= 4 is 17.5 Å². The zero-order chi connectivity index (χ0) is 18.4. The summed E-state index contributed by atoms with van der Waals surface area (Å²) in [7, 11) is 0. The number of rotatable bonds is 5. The molecule has 1 amide bonds. The van der Waals surface area contributed by atoms with E-state index in [0.717, 1.165) is 31.6 Å². The summed E-state index contributed by atoms with van der Waals surface area (Å²) in [5.74, 6) is 0.0571. The summed E-state index contributed by atoms with van der Waals surface area (Å²) in [4.78, 5) is 23.1. The van der Waals surface area contributed by atoms with Crippen LogP contribution in [0.3, 0.4) is 0 Å². The zero-order valence-corrected chi connectivity index (χ0v) is 14.9. The lowest BCUT2D eigenvalue weighted by atomic mass is 10.2. The first kappa shape index (κ1) is 18.1. The molecule has 1 saturated heterocycles. The highest BCUT2D eigenvalue weighted by molar-refractivity contribution is 5.91. The molecule has 1 aromatic carbocycles. The van der Waals surface area contributed by atoms with Gasteiger partial charge in [-0.15, -0.1) is 0 Å². The van der Waals surface area contributed by atoms with E-state index < -0.39 is 11.7 Å². The van der Waals surface area contributed by atoms with E-state index in [1.54, 1.807) is 18.2 Å². The van der Waals surface area contributed by atoms with Crippen molar-refractivity contribution in [1.82, 2.24) is 9.97 Å². The number of nitrogens with zero attached hydrogens (tertiary/aromatic N) is 3. The fourth-order valence-corrected chi connectivity index (χ4v) is 2.90. The van der Waals surface area contributed by atoms with E-state index in [0.29, 0.717) is 11.8 Å². The second-order valence-corrected chi connectivity index (χ2v) is 6.37. The molecule has 6 nitrogen and oxygen atoms in total. The molecular formula is C19H23FN4O2. The molecule has 1 aromatic heterocycles. The summed E-state index contributed by atoms with van der Waals surface area (Å²) < 4.78 is 19.1. The fourth-order valence-electron chi connectivity index (χ4n) is 2.90. The Bertz CT molecular complexity index is 761. The molecule has 1 aliphatic heterocycles. The number of benzene rings is 1. The average molecular weight is 358 g/mol. The van der Waals surface area contributed by atoms with Crippen molar-refractivity contribution in [2.75, 3.05) is 29.9 Å². The van der Waals surface area contributed by atoms with E-state index in [-0.39, 0.29) is 12.3 Å². The minimum atomic E-state index is -0.484. The normalized spacial score (nSPS) is 14.6. The SMILES string of the molecule is Cc1cc(OCC(=O)Nc2ccccc2F)nc(N2CCCCCC2)n1. The van der Waals surface area contributed by atoms with Crippen LogP contribution in [0.15, 0.2) is 30.3 Å². The van der Waals surface area contributed by atoms with Gasteiger partial charge in [-0.1, -0.05) is 25.0 Å². The Balaban J connectivity index is 1.62. The molecule has 1 N–H and O–H groups in total. The van der Waals surface area contributed by atoms with Gasteiger partial charge < -0.3 is 15.0 Å². The largest absolute Gasteiger partial charge is 0.467 e. The molecule has 138 valence electrons. The van der Waals surface area contributed by atoms with Crippen LogP contribution in [-0.4, -0.2) is 35.6 Å². The van der Waals surface area contributed by atoms with E-state index in [1.807, 2.05) is 6.92 Å². The number of aryl methyl sites for hydroxylation is 1. The van der Waals surface area contributed by atoms with Crippen LogP contribution < -0.4 is 15.0 Å². The third-order valence-electron chi connectivity index (χ3n) is 4.21. The highest BCUT2D eigenvalue weighted by Crippen LogP contribution is 2.19. The molecule has 0 spiro atoms. The minimum absolute atomic E-state index is 0.130. The summed E-state index contributed by atoms with van der Waals surface area (Å²) in [6.07, 6.45) is 4.70. The highest BCUT2D eigenvalue weighted by atomic mass is 19.1. The molecule has 0 unspecified atom stereocenters. The van der Waals surface area contributed by atoms with Gasteiger partial charge in [-0.25, -0.2) is 9.37 Å². The fraction of sp³-hybridized carbons (Fsp3) is 0.421. The second kappa shape index (κ2) is 8.60. The van der Waals surface area contributed by atoms with E-state index >= 15 is 0 Å². The topological polar surface area (TPSA) is 67.3 Å². The minimum Gasteiger partial charge on any atom is -0.467 e. The van der Waals surface area contributed by atoms with Gasteiger partial charge >= 0.3 is 0 Å². The van der Waals surface area contributed by atoms with Gasteiger partial charge in [-0.3, -0.25) is 4.79 Å². The van der Waals surface area contributed by atoms with E-state index in [2.05, 4.69) is 20.2 Å². The van der Waals surface area contributed by atoms with Crippen molar-refractivity contribution < 1.29 is 13.9 Å². The molecule has 3 rings (SSSR count). The van der Waals surface area contributed by atoms with Crippen LogP contribution in [0, 0.1) is 12.7 Å². The van der Waals surface area contributed by atoms with Gasteiger partial charge in [0.2, 0.25) is 11.8 Å². The highest BCUT2D eigenvalue weighted by Gasteiger charge is 2.15. The number of anilines is 2. The van der Waals surface area contributed by atoms with Crippen molar-refractivity contribution in [2.24, 2.45) is 0 Å². The Labute approximate surface area is 152 Å². The van der Waals surface area contributed by atoms with Crippen LogP contribution in [0.2, 0.25) is 0 Å². The van der Waals surface area contributed by atoms with Crippen molar-refractivity contribution in [1.29, 1.82) is 0 Å². The van der Waals surface area contributed by atoms with Gasteiger partial charge in [0.1, 0.15) is 5.82 Å². The van der Waals surface area contributed by atoms with Crippen molar-refractivity contribution in [3.05, 3.63) is 41.8 Å². The van der Waals surface area contributed by atoms with Gasteiger partial charge in [0.05, 0.1) is 5.69 Å². The quantitative estimate of drug-likeness (QED) is 0.888. The third kappa shape index (κ3) is 4.91. The Morgan fingerprint density at radius 3 is 2.65 bits per heavy atom. The lowest BCUT2D eigenvalue weighted by Crippen LogP contribution is -2.26. The molecule has 0 radical (unpaired) electrons. The number of amides is 1. The number of halogens is 1. The first-order valence-electron chi connectivity index (χ1n) is 8.89. The van der Waals surface area contributed by atoms with Crippen LogP contribution in [0.1, 0.15) is 31.4 Å². The van der Waals surface area contributed by atoms with E-state index in [4.69, 9.17) is 4.74 Å². The predicted octanol–water partition coefficient (Wildman–Crippen LogP) is 3.32. The van der Waals surface area contributed by atoms with Crippen molar-refractivity contribution in [3.63, 3.8) is 0 Å². The standard InChI is InChI=1S/C19H23FN4O2/c1-14-12-18(23-19(21-14)24-10-6-2-3-7-11-24)26-13-17(25)22-16-9-5-4-8-15(16)20/h4-5,8-9,12H,2-3,6-7,10-11,13H2,1H3,(H,22,25). The van der Waals surface area contributed by atoms with Crippen LogP contribution in [0.4, 0.5) is 16.0 Å². The Morgan fingerprint density at radius 2 is 1.92 bits per heavy atom. The number of para-hydroxylation sites is 1. The lowest BCUT2D eigenvalue weighted by Gasteiger charge is -2.21. The number of aromatic nitrogens is 2. The number of carbonyl (C=O) groups excluding carboxylic acids is 1. The Morgan fingerprint density at radius 1 is 1.19 bits per heavy atom. The molecule has 1 aliphatic rings.